The Labute approximate surface area is 348 Å². The summed E-state index contributed by atoms with van der Waals surface area (Å²) in [6, 6.07) is 69.0. The fraction of sp³-hybridized carbons (Fsp3) is 0.0357. The Morgan fingerprint density at radius 2 is 1.12 bits per heavy atom. The van der Waals surface area contributed by atoms with Crippen molar-refractivity contribution in [2.75, 3.05) is 4.90 Å². The van der Waals surface area contributed by atoms with Gasteiger partial charge in [-0.2, -0.15) is 0 Å². The number of nitrogens with zero attached hydrogens (tertiary/aromatic N) is 2. The van der Waals surface area contributed by atoms with Crippen molar-refractivity contribution in [3.05, 3.63) is 241 Å². The molecule has 0 unspecified atom stereocenters. The number of fused-ring (bicyclic) bond motifs is 9. The van der Waals surface area contributed by atoms with Crippen molar-refractivity contribution in [1.29, 1.82) is 0 Å². The molecule has 0 radical (unpaired) electrons. The van der Waals surface area contributed by atoms with Crippen molar-refractivity contribution in [3.63, 3.8) is 0 Å². The van der Waals surface area contributed by atoms with Gasteiger partial charge in [-0.15, -0.1) is 11.3 Å². The summed E-state index contributed by atoms with van der Waals surface area (Å²) in [5.74, 6) is 0. The van der Waals surface area contributed by atoms with E-state index in [1.54, 1.807) is 0 Å². The van der Waals surface area contributed by atoms with Gasteiger partial charge in [0.2, 0.25) is 0 Å². The van der Waals surface area contributed by atoms with Crippen molar-refractivity contribution in [1.82, 2.24) is 4.57 Å². The smallest absolute Gasteiger partial charge is 0.0707 e. The molecule has 0 saturated heterocycles. The Hall–Kier alpha value is -7.20. The first kappa shape index (κ1) is 35.0. The highest BCUT2D eigenvalue weighted by molar-refractivity contribution is 7.25. The van der Waals surface area contributed by atoms with Gasteiger partial charge in [-0.05, 0) is 107 Å². The first-order valence-corrected chi connectivity index (χ1v) is 21.1. The van der Waals surface area contributed by atoms with E-state index in [1.807, 2.05) is 18.3 Å². The van der Waals surface area contributed by atoms with Gasteiger partial charge in [-0.1, -0.05) is 152 Å². The lowest BCUT2D eigenvalue weighted by Gasteiger charge is -2.34. The van der Waals surface area contributed by atoms with Crippen LogP contribution < -0.4 is 4.90 Å². The molecule has 0 aliphatic heterocycles. The van der Waals surface area contributed by atoms with Crippen LogP contribution in [-0.2, 0) is 5.41 Å². The van der Waals surface area contributed by atoms with E-state index in [-0.39, 0.29) is 0 Å². The summed E-state index contributed by atoms with van der Waals surface area (Å²) in [4.78, 5) is 2.42. The highest BCUT2D eigenvalue weighted by atomic mass is 32.1. The van der Waals surface area contributed by atoms with E-state index in [2.05, 4.69) is 222 Å². The van der Waals surface area contributed by atoms with E-state index < -0.39 is 5.41 Å². The van der Waals surface area contributed by atoms with Crippen LogP contribution in [0.3, 0.4) is 0 Å². The van der Waals surface area contributed by atoms with Gasteiger partial charge < -0.3 is 9.47 Å². The number of para-hydroxylation sites is 2. The van der Waals surface area contributed by atoms with Gasteiger partial charge in [-0.25, -0.2) is 0 Å². The second kappa shape index (κ2) is 14.0. The Kier molecular flexibility index (Phi) is 8.32. The van der Waals surface area contributed by atoms with E-state index in [4.69, 9.17) is 6.58 Å². The van der Waals surface area contributed by atoms with Gasteiger partial charge in [0, 0.05) is 53.7 Å². The molecule has 0 spiro atoms. The molecule has 11 rings (SSSR count). The van der Waals surface area contributed by atoms with Gasteiger partial charge in [0.05, 0.1) is 16.4 Å². The maximum Gasteiger partial charge on any atom is 0.0707 e. The van der Waals surface area contributed by atoms with Crippen LogP contribution in [0.25, 0.3) is 58.8 Å². The van der Waals surface area contributed by atoms with E-state index >= 15 is 0 Å². The largest absolute Gasteiger partial charge is 0.310 e. The molecule has 2 nitrogen and oxygen atoms in total. The Balaban J connectivity index is 1.12. The fourth-order valence-electron chi connectivity index (χ4n) is 9.60. The quantitative estimate of drug-likeness (QED) is 0.140. The predicted molar refractivity (Wildman–Crippen MR) is 253 cm³/mol. The Morgan fingerprint density at radius 3 is 1.88 bits per heavy atom. The molecule has 0 atom stereocenters. The molecule has 0 saturated carbocycles. The Morgan fingerprint density at radius 1 is 0.525 bits per heavy atom. The molecule has 0 bridgehead atoms. The highest BCUT2D eigenvalue weighted by Gasteiger charge is 2.45. The number of benzene rings is 8. The monoisotopic (exact) mass is 772 g/mol. The zero-order chi connectivity index (χ0) is 39.5. The van der Waals surface area contributed by atoms with Crippen LogP contribution in [0.2, 0.25) is 0 Å². The van der Waals surface area contributed by atoms with E-state index in [0.29, 0.717) is 0 Å². The third-order valence-corrected chi connectivity index (χ3v) is 13.3. The molecule has 280 valence electrons. The van der Waals surface area contributed by atoms with Gasteiger partial charge in [0.1, 0.15) is 0 Å². The lowest BCUT2D eigenvalue weighted by molar-refractivity contribution is 0.770. The van der Waals surface area contributed by atoms with Crippen molar-refractivity contribution < 1.29 is 0 Å². The zero-order valence-electron chi connectivity index (χ0n) is 32.7. The number of rotatable bonds is 8. The second-order valence-electron chi connectivity index (χ2n) is 15.3. The average Bonchev–Trinajstić information content (AvgIpc) is 3.93. The summed E-state index contributed by atoms with van der Waals surface area (Å²) < 4.78 is 4.96. The minimum absolute atomic E-state index is 0.553. The highest BCUT2D eigenvalue weighted by Crippen LogP contribution is 2.56. The minimum atomic E-state index is -0.553. The maximum absolute atomic E-state index is 4.80. The molecule has 2 aromatic heterocycles. The van der Waals surface area contributed by atoms with Gasteiger partial charge in [0.15, 0.2) is 0 Å². The molecule has 59 heavy (non-hydrogen) atoms. The SMILES string of the molecule is C=C(/C=C\C=C/C)C1(c2ccc(N(c3ccc4c(c3)sc3ccccc34)c3ccc4c(c3)c3ccccc3n4-c3ccccc3)cc2)c2ccccc2-c2ccccc21. The topological polar surface area (TPSA) is 8.17 Å². The van der Waals surface area contributed by atoms with Crippen LogP contribution in [0.5, 0.6) is 0 Å². The van der Waals surface area contributed by atoms with Crippen LogP contribution >= 0.6 is 11.3 Å². The van der Waals surface area contributed by atoms with Gasteiger partial charge in [0.25, 0.3) is 0 Å². The number of thiophene rings is 1. The number of hydrogen-bond donors (Lipinski definition) is 0. The molecule has 0 amide bonds. The molecule has 0 fully saturated rings. The van der Waals surface area contributed by atoms with Gasteiger partial charge in [-0.3, -0.25) is 0 Å². The normalized spacial score (nSPS) is 13.2. The maximum atomic E-state index is 4.80. The summed E-state index contributed by atoms with van der Waals surface area (Å²) in [6.45, 7) is 6.85. The fourth-order valence-corrected chi connectivity index (χ4v) is 10.7. The number of hydrogen-bond acceptors (Lipinski definition) is 2. The first-order valence-electron chi connectivity index (χ1n) is 20.2. The molecule has 2 heterocycles. The van der Waals surface area contributed by atoms with Crippen molar-refractivity contribution in [3.8, 4) is 16.8 Å². The predicted octanol–water partition coefficient (Wildman–Crippen LogP) is 15.6. The molecule has 1 aliphatic rings. The zero-order valence-corrected chi connectivity index (χ0v) is 33.5. The van der Waals surface area contributed by atoms with E-state index in [0.717, 1.165) is 28.3 Å². The average molecular weight is 773 g/mol. The first-order chi connectivity index (χ1) is 29.1. The summed E-state index contributed by atoms with van der Waals surface area (Å²) >= 11 is 1.85. The minimum Gasteiger partial charge on any atom is -0.310 e. The van der Waals surface area contributed by atoms with Crippen molar-refractivity contribution >= 4 is 70.4 Å². The number of aromatic nitrogens is 1. The van der Waals surface area contributed by atoms with Gasteiger partial charge >= 0.3 is 0 Å². The number of allylic oxidation sites excluding steroid dienone is 5. The van der Waals surface area contributed by atoms with E-state index in [9.17, 15) is 0 Å². The summed E-state index contributed by atoms with van der Waals surface area (Å²) in [6.07, 6.45) is 8.43. The molecule has 3 heteroatoms. The van der Waals surface area contributed by atoms with Crippen LogP contribution in [0, 0.1) is 0 Å². The van der Waals surface area contributed by atoms with Crippen molar-refractivity contribution in [2.45, 2.75) is 12.3 Å². The molecule has 1 aliphatic carbocycles. The summed E-state index contributed by atoms with van der Waals surface area (Å²) in [5.41, 5.74) is 13.5. The van der Waals surface area contributed by atoms with E-state index in [1.165, 1.54) is 69.8 Å². The third-order valence-electron chi connectivity index (χ3n) is 12.1. The van der Waals surface area contributed by atoms with Crippen LogP contribution in [0.15, 0.2) is 225 Å². The van der Waals surface area contributed by atoms with Crippen molar-refractivity contribution in [2.24, 2.45) is 0 Å². The lowest BCUT2D eigenvalue weighted by atomic mass is 9.67. The standard InChI is InChI=1S/C56H40N2S/c1-3-4-6-17-38(2)56(50-24-13-9-20-44(50)45-21-10-14-25-51(45)56)39-28-30-41(31-29-39)57(43-32-34-48-47-23-12-16-27-54(47)59-55(48)37-43)42-33-35-53-49(36-42)46-22-11-15-26-52(46)58(53)40-18-7-5-8-19-40/h3-37H,2H2,1H3/b4-3-,17-6-. The molecular formula is C56H40N2S. The lowest BCUT2D eigenvalue weighted by Crippen LogP contribution is -2.28. The molecule has 8 aromatic carbocycles. The molecule has 0 N–H and O–H groups in total. The summed E-state index contributed by atoms with van der Waals surface area (Å²) in [5, 5.41) is 5.04. The second-order valence-corrected chi connectivity index (χ2v) is 16.4. The summed E-state index contributed by atoms with van der Waals surface area (Å²) in [7, 11) is 0. The van der Waals surface area contributed by atoms with Crippen LogP contribution in [0.4, 0.5) is 17.1 Å². The Bertz CT molecular complexity index is 3260. The molecule has 10 aromatic rings. The van der Waals surface area contributed by atoms with Crippen LogP contribution in [-0.4, -0.2) is 4.57 Å². The number of anilines is 3. The third kappa shape index (κ3) is 5.39. The van der Waals surface area contributed by atoms with Crippen LogP contribution in [0.1, 0.15) is 23.6 Å². The molecular weight excluding hydrogens is 733 g/mol.